The number of carbonyl (C=O) groups excluding carboxylic acids is 1. The van der Waals surface area contributed by atoms with E-state index in [4.69, 9.17) is 5.73 Å². The molecule has 0 spiro atoms. The summed E-state index contributed by atoms with van der Waals surface area (Å²) in [6.07, 6.45) is 3.79. The Morgan fingerprint density at radius 1 is 1.28 bits per heavy atom. The molecule has 0 aromatic heterocycles. The van der Waals surface area contributed by atoms with Crippen molar-refractivity contribution < 1.29 is 4.79 Å². The van der Waals surface area contributed by atoms with E-state index in [1.54, 1.807) is 11.8 Å². The Kier molecular flexibility index (Phi) is 4.66. The van der Waals surface area contributed by atoms with Crippen LogP contribution in [-0.4, -0.2) is 23.7 Å². The number of carbonyl (C=O) groups is 1. The lowest BCUT2D eigenvalue weighted by Crippen LogP contribution is -2.52. The third kappa shape index (κ3) is 3.50. The molecule has 0 heterocycles. The van der Waals surface area contributed by atoms with Crippen LogP contribution in [-0.2, 0) is 4.79 Å². The number of nitrogens with two attached hydrogens (primary N) is 1. The van der Waals surface area contributed by atoms with Crippen LogP contribution >= 0.6 is 11.8 Å². The molecule has 0 atom stereocenters. The molecule has 1 aromatic carbocycles. The summed E-state index contributed by atoms with van der Waals surface area (Å²) < 4.78 is 0. The first-order valence-corrected chi connectivity index (χ1v) is 7.44. The second-order valence-electron chi connectivity index (χ2n) is 4.78. The van der Waals surface area contributed by atoms with E-state index in [0.29, 0.717) is 6.54 Å². The molecule has 1 aromatic rings. The van der Waals surface area contributed by atoms with Crippen LogP contribution in [0.5, 0.6) is 0 Å². The van der Waals surface area contributed by atoms with Gasteiger partial charge in [0.1, 0.15) is 0 Å². The van der Waals surface area contributed by atoms with Crippen molar-refractivity contribution in [3.8, 4) is 0 Å². The van der Waals surface area contributed by atoms with Crippen LogP contribution in [0.25, 0.3) is 0 Å². The van der Waals surface area contributed by atoms with Crippen LogP contribution in [0.1, 0.15) is 25.7 Å². The minimum Gasteiger partial charge on any atom is -0.354 e. The molecule has 1 aliphatic rings. The summed E-state index contributed by atoms with van der Waals surface area (Å²) in [6.45, 7) is 0.678. The monoisotopic (exact) mass is 264 g/mol. The lowest BCUT2D eigenvalue weighted by atomic mass is 9.98. The van der Waals surface area contributed by atoms with Crippen molar-refractivity contribution in [1.82, 2.24) is 5.32 Å². The number of hydrogen-bond acceptors (Lipinski definition) is 3. The maximum atomic E-state index is 11.9. The van der Waals surface area contributed by atoms with Crippen LogP contribution in [0.2, 0.25) is 0 Å². The Bertz CT molecular complexity index is 388. The Morgan fingerprint density at radius 3 is 2.61 bits per heavy atom. The van der Waals surface area contributed by atoms with Gasteiger partial charge in [0.05, 0.1) is 5.54 Å². The molecule has 3 N–H and O–H groups in total. The highest BCUT2D eigenvalue weighted by molar-refractivity contribution is 7.99. The number of hydrogen-bond donors (Lipinski definition) is 2. The lowest BCUT2D eigenvalue weighted by Gasteiger charge is -2.22. The third-order valence-corrected chi connectivity index (χ3v) is 4.36. The van der Waals surface area contributed by atoms with Crippen LogP contribution in [0.3, 0.4) is 0 Å². The molecule has 4 heteroatoms. The molecular weight excluding hydrogens is 244 g/mol. The fourth-order valence-corrected chi connectivity index (χ4v) is 3.05. The van der Waals surface area contributed by atoms with Gasteiger partial charge in [-0.15, -0.1) is 11.8 Å². The van der Waals surface area contributed by atoms with Crippen molar-refractivity contribution in [3.05, 3.63) is 30.3 Å². The van der Waals surface area contributed by atoms with Gasteiger partial charge in [-0.05, 0) is 25.0 Å². The zero-order valence-electron chi connectivity index (χ0n) is 10.5. The molecule has 0 unspecified atom stereocenters. The van der Waals surface area contributed by atoms with Crippen molar-refractivity contribution in [2.45, 2.75) is 36.1 Å². The van der Waals surface area contributed by atoms with Crippen molar-refractivity contribution in [2.24, 2.45) is 5.73 Å². The van der Waals surface area contributed by atoms with Crippen molar-refractivity contribution in [1.29, 1.82) is 0 Å². The smallest absolute Gasteiger partial charge is 0.240 e. The van der Waals surface area contributed by atoms with Gasteiger partial charge in [0.15, 0.2) is 0 Å². The standard InChI is InChI=1S/C14H20N2OS/c15-14(8-4-5-9-14)13(17)16-10-11-18-12-6-2-1-3-7-12/h1-3,6-7H,4-5,8-11,15H2,(H,16,17). The molecule has 0 aliphatic heterocycles. The molecule has 1 fully saturated rings. The van der Waals surface area contributed by atoms with Gasteiger partial charge in [-0.2, -0.15) is 0 Å². The van der Waals surface area contributed by atoms with E-state index < -0.39 is 5.54 Å². The highest BCUT2D eigenvalue weighted by Gasteiger charge is 2.36. The van der Waals surface area contributed by atoms with Crippen LogP contribution < -0.4 is 11.1 Å². The van der Waals surface area contributed by atoms with Gasteiger partial charge >= 0.3 is 0 Å². The Balaban J connectivity index is 1.68. The molecule has 1 aliphatic carbocycles. The summed E-state index contributed by atoms with van der Waals surface area (Å²) in [7, 11) is 0. The van der Waals surface area contributed by atoms with E-state index in [0.717, 1.165) is 31.4 Å². The van der Waals surface area contributed by atoms with Crippen LogP contribution in [0.15, 0.2) is 35.2 Å². The SMILES string of the molecule is NC1(C(=O)NCCSc2ccccc2)CCCC1. The Hall–Kier alpha value is -1.00. The minimum absolute atomic E-state index is 0.0219. The molecule has 0 radical (unpaired) electrons. The van der Waals surface area contributed by atoms with E-state index in [1.165, 1.54) is 4.90 Å². The van der Waals surface area contributed by atoms with Crippen LogP contribution in [0.4, 0.5) is 0 Å². The summed E-state index contributed by atoms with van der Waals surface area (Å²) in [5.74, 6) is 0.903. The van der Waals surface area contributed by atoms with Crippen molar-refractivity contribution in [2.75, 3.05) is 12.3 Å². The number of rotatable bonds is 5. The van der Waals surface area contributed by atoms with E-state index in [-0.39, 0.29) is 5.91 Å². The molecule has 0 bridgehead atoms. The Morgan fingerprint density at radius 2 is 1.94 bits per heavy atom. The molecule has 1 amide bonds. The average molecular weight is 264 g/mol. The predicted molar refractivity (Wildman–Crippen MR) is 75.6 cm³/mol. The van der Waals surface area contributed by atoms with Gasteiger partial charge in [-0.3, -0.25) is 4.79 Å². The highest BCUT2D eigenvalue weighted by atomic mass is 32.2. The highest BCUT2D eigenvalue weighted by Crippen LogP contribution is 2.27. The van der Waals surface area contributed by atoms with E-state index in [1.807, 2.05) is 18.2 Å². The molecule has 3 nitrogen and oxygen atoms in total. The predicted octanol–water partition coefficient (Wildman–Crippen LogP) is 2.17. The second kappa shape index (κ2) is 6.25. The number of thioether (sulfide) groups is 1. The summed E-state index contributed by atoms with van der Waals surface area (Å²) in [6, 6.07) is 10.2. The first-order chi connectivity index (χ1) is 8.71. The van der Waals surface area contributed by atoms with E-state index >= 15 is 0 Å². The topological polar surface area (TPSA) is 55.1 Å². The molecule has 2 rings (SSSR count). The zero-order chi connectivity index (χ0) is 12.8. The van der Waals surface area contributed by atoms with Crippen molar-refractivity contribution in [3.63, 3.8) is 0 Å². The first-order valence-electron chi connectivity index (χ1n) is 6.46. The van der Waals surface area contributed by atoms with E-state index in [2.05, 4.69) is 17.4 Å². The van der Waals surface area contributed by atoms with Crippen molar-refractivity contribution >= 4 is 17.7 Å². The number of nitrogens with one attached hydrogen (secondary N) is 1. The number of amides is 1. The Labute approximate surface area is 113 Å². The second-order valence-corrected chi connectivity index (χ2v) is 5.95. The van der Waals surface area contributed by atoms with Gasteiger partial charge in [0.2, 0.25) is 5.91 Å². The fourth-order valence-electron chi connectivity index (χ4n) is 2.26. The third-order valence-electron chi connectivity index (χ3n) is 3.35. The van der Waals surface area contributed by atoms with Gasteiger partial charge < -0.3 is 11.1 Å². The first kappa shape index (κ1) is 13.4. The normalized spacial score (nSPS) is 17.6. The number of benzene rings is 1. The lowest BCUT2D eigenvalue weighted by molar-refractivity contribution is -0.126. The molecule has 18 heavy (non-hydrogen) atoms. The zero-order valence-corrected chi connectivity index (χ0v) is 11.3. The summed E-state index contributed by atoms with van der Waals surface area (Å²) in [5.41, 5.74) is 5.48. The van der Waals surface area contributed by atoms with E-state index in [9.17, 15) is 4.79 Å². The van der Waals surface area contributed by atoms with Crippen LogP contribution in [0, 0.1) is 0 Å². The van der Waals surface area contributed by atoms with Gasteiger partial charge in [-0.1, -0.05) is 31.0 Å². The molecule has 0 saturated heterocycles. The van der Waals surface area contributed by atoms with Gasteiger partial charge in [0.25, 0.3) is 0 Å². The largest absolute Gasteiger partial charge is 0.354 e. The summed E-state index contributed by atoms with van der Waals surface area (Å²) >= 11 is 1.75. The quantitative estimate of drug-likeness (QED) is 0.633. The van der Waals surface area contributed by atoms with Gasteiger partial charge in [0, 0.05) is 17.2 Å². The molecular formula is C14H20N2OS. The molecule has 98 valence electrons. The fraction of sp³-hybridized carbons (Fsp3) is 0.500. The molecule has 1 saturated carbocycles. The maximum absolute atomic E-state index is 11.9. The van der Waals surface area contributed by atoms with Gasteiger partial charge in [-0.25, -0.2) is 0 Å². The maximum Gasteiger partial charge on any atom is 0.240 e. The minimum atomic E-state index is -0.600. The average Bonchev–Trinajstić information content (AvgIpc) is 2.84. The summed E-state index contributed by atoms with van der Waals surface area (Å²) in [5, 5.41) is 2.95. The summed E-state index contributed by atoms with van der Waals surface area (Å²) in [4.78, 5) is 13.2.